The van der Waals surface area contributed by atoms with Gasteiger partial charge in [0.1, 0.15) is 0 Å². The zero-order chi connectivity index (χ0) is 50.3. The number of hydrogen-bond acceptors (Lipinski definition) is 1. The molecule has 3 unspecified atom stereocenters. The summed E-state index contributed by atoms with van der Waals surface area (Å²) in [7, 11) is 0. The van der Waals surface area contributed by atoms with Gasteiger partial charge >= 0.3 is 0 Å². The Labute approximate surface area is 439 Å². The zero-order valence-corrected chi connectivity index (χ0v) is 44.3. The Morgan fingerprint density at radius 2 is 0.892 bits per heavy atom. The van der Waals surface area contributed by atoms with Crippen LogP contribution in [0.15, 0.2) is 188 Å². The molecule has 362 valence electrons. The van der Waals surface area contributed by atoms with Crippen molar-refractivity contribution in [1.29, 1.82) is 0 Å². The quantitative estimate of drug-likeness (QED) is 0.170. The second-order valence-electron chi connectivity index (χ2n) is 25.7. The van der Waals surface area contributed by atoms with Crippen molar-refractivity contribution in [3.8, 4) is 55.6 Å². The first-order chi connectivity index (χ1) is 35.7. The maximum absolute atomic E-state index is 2.64. The smallest absolute Gasteiger partial charge is 0.0726 e. The summed E-state index contributed by atoms with van der Waals surface area (Å²) in [4.78, 5) is 2.62. The van der Waals surface area contributed by atoms with E-state index in [9.17, 15) is 0 Å². The summed E-state index contributed by atoms with van der Waals surface area (Å²) in [6.07, 6.45) is 5.29. The first-order valence-corrected chi connectivity index (χ1v) is 27.6. The number of hydrogen-bond donors (Lipinski definition) is 0. The molecule has 1 nitrogen and oxygen atoms in total. The van der Waals surface area contributed by atoms with Gasteiger partial charge in [-0.1, -0.05) is 213 Å². The van der Waals surface area contributed by atoms with E-state index in [-0.39, 0.29) is 21.7 Å². The molecular formula is C73H65N. The van der Waals surface area contributed by atoms with Crippen LogP contribution in [0, 0.1) is 11.8 Å². The Morgan fingerprint density at radius 3 is 1.51 bits per heavy atom. The molecule has 1 heteroatoms. The van der Waals surface area contributed by atoms with E-state index in [2.05, 4.69) is 248 Å². The van der Waals surface area contributed by atoms with Gasteiger partial charge in [0.05, 0.1) is 5.41 Å². The van der Waals surface area contributed by atoms with Gasteiger partial charge in [0.15, 0.2) is 0 Å². The number of fused-ring (bicyclic) bond motifs is 21. The lowest BCUT2D eigenvalue weighted by Gasteiger charge is -2.37. The molecule has 0 heterocycles. The minimum absolute atomic E-state index is 0.00764. The zero-order valence-electron chi connectivity index (χ0n) is 44.3. The van der Waals surface area contributed by atoms with Crippen LogP contribution in [0.2, 0.25) is 0 Å². The number of benzene rings is 9. The Morgan fingerprint density at radius 1 is 0.392 bits per heavy atom. The lowest BCUT2D eigenvalue weighted by molar-refractivity contribution is 0.327. The van der Waals surface area contributed by atoms with Crippen LogP contribution < -0.4 is 4.90 Å². The SMILES string of the molecule is CC(C)(C)c1ccc2c(c1)-c1cc(C(C)(C)C)ccc1C21c2ccccc2-c2ccc(N(c3cccc(-c4cccc5c4C(C)(C)c4ccccc4-5)c3)c3ccc4c(c3)C3(CC5CCC3C5)c3ccccc3-4)cc21. The number of anilines is 3. The molecule has 9 aromatic carbocycles. The fraction of sp³-hybridized carbons (Fsp3) is 0.260. The molecular weight excluding hydrogens is 891 g/mol. The summed E-state index contributed by atoms with van der Waals surface area (Å²) in [6.45, 7) is 18.9. The molecule has 0 N–H and O–H groups in total. The summed E-state index contributed by atoms with van der Waals surface area (Å²) >= 11 is 0. The third-order valence-electron chi connectivity index (χ3n) is 19.4. The standard InChI is InChI=1S/C73H65N/c1-69(2,3)46-29-35-64-59(39-46)60-40-47(70(4,5)6)30-36-65(60)73(64)63-26-14-11-20-54(63)57-34-32-51(42-67(57)73)74(50-31-33-56-53-19-10-13-25-62(53)72(66(56)41-50)43-44-27-28-48(72)37-44)49-18-15-17-45(38-49)52-22-16-23-58-55-21-9-12-24-61(55)71(7,8)68(52)58/h9-26,29-36,38-42,44,48H,27-28,37,43H2,1-8H3. The van der Waals surface area contributed by atoms with E-state index in [1.165, 1.54) is 148 Å². The van der Waals surface area contributed by atoms with Gasteiger partial charge in [-0.15, -0.1) is 0 Å². The highest BCUT2D eigenvalue weighted by atomic mass is 15.1. The molecule has 0 aliphatic heterocycles. The van der Waals surface area contributed by atoms with Crippen LogP contribution in [0.4, 0.5) is 17.1 Å². The van der Waals surface area contributed by atoms with Crippen LogP contribution in [0.3, 0.4) is 0 Å². The number of nitrogens with zero attached hydrogens (tertiary/aromatic N) is 1. The molecule has 0 radical (unpaired) electrons. The van der Waals surface area contributed by atoms with Gasteiger partial charge in [0.2, 0.25) is 0 Å². The van der Waals surface area contributed by atoms with E-state index >= 15 is 0 Å². The average molecular weight is 956 g/mol. The van der Waals surface area contributed by atoms with Gasteiger partial charge in [-0.3, -0.25) is 0 Å². The Kier molecular flexibility index (Phi) is 8.96. The highest BCUT2D eigenvalue weighted by molar-refractivity contribution is 5.98. The van der Waals surface area contributed by atoms with Gasteiger partial charge in [0.25, 0.3) is 0 Å². The fourth-order valence-electron chi connectivity index (χ4n) is 16.1. The molecule has 6 aliphatic carbocycles. The van der Waals surface area contributed by atoms with Crippen molar-refractivity contribution in [3.63, 3.8) is 0 Å². The molecule has 0 saturated heterocycles. The molecule has 9 aromatic rings. The van der Waals surface area contributed by atoms with Crippen molar-refractivity contribution in [1.82, 2.24) is 0 Å². The molecule has 2 fully saturated rings. The highest BCUT2D eigenvalue weighted by Gasteiger charge is 2.57. The van der Waals surface area contributed by atoms with E-state index in [4.69, 9.17) is 0 Å². The van der Waals surface area contributed by atoms with Gasteiger partial charge in [-0.05, 0) is 190 Å². The summed E-state index contributed by atoms with van der Waals surface area (Å²) in [5, 5.41) is 0. The fourth-order valence-corrected chi connectivity index (χ4v) is 16.1. The maximum atomic E-state index is 2.64. The largest absolute Gasteiger partial charge is 0.310 e. The second kappa shape index (κ2) is 15.0. The van der Waals surface area contributed by atoms with Crippen LogP contribution >= 0.6 is 0 Å². The monoisotopic (exact) mass is 956 g/mol. The van der Waals surface area contributed by atoms with Crippen LogP contribution in [0.1, 0.15) is 137 Å². The first kappa shape index (κ1) is 44.3. The highest BCUT2D eigenvalue weighted by Crippen LogP contribution is 2.67. The Hall–Kier alpha value is -7.22. The van der Waals surface area contributed by atoms with Crippen LogP contribution in [-0.4, -0.2) is 0 Å². The molecule has 6 aliphatic rings. The summed E-state index contributed by atoms with van der Waals surface area (Å²) in [6, 6.07) is 74.2. The predicted octanol–water partition coefficient (Wildman–Crippen LogP) is 19.2. The molecule has 3 atom stereocenters. The molecule has 2 bridgehead atoms. The predicted molar refractivity (Wildman–Crippen MR) is 309 cm³/mol. The number of rotatable bonds is 4. The minimum atomic E-state index is -0.495. The van der Waals surface area contributed by atoms with E-state index in [1.54, 1.807) is 5.56 Å². The van der Waals surface area contributed by atoms with E-state index in [1.807, 2.05) is 0 Å². The molecule has 0 amide bonds. The molecule has 2 spiro atoms. The Bertz CT molecular complexity index is 3820. The molecule has 15 rings (SSSR count). The summed E-state index contributed by atoms with van der Waals surface area (Å²) < 4.78 is 0. The van der Waals surface area contributed by atoms with Gasteiger partial charge < -0.3 is 4.90 Å². The van der Waals surface area contributed by atoms with Crippen molar-refractivity contribution in [2.45, 2.75) is 108 Å². The first-order valence-electron chi connectivity index (χ1n) is 27.6. The van der Waals surface area contributed by atoms with Crippen LogP contribution in [-0.2, 0) is 27.1 Å². The third-order valence-corrected chi connectivity index (χ3v) is 19.4. The third kappa shape index (κ3) is 5.77. The molecule has 0 aromatic heterocycles. The average Bonchev–Trinajstić information content (AvgIpc) is 4.28. The van der Waals surface area contributed by atoms with Gasteiger partial charge in [0, 0.05) is 27.9 Å². The van der Waals surface area contributed by atoms with Crippen LogP contribution in [0.5, 0.6) is 0 Å². The van der Waals surface area contributed by atoms with Gasteiger partial charge in [-0.2, -0.15) is 0 Å². The lowest BCUT2D eigenvalue weighted by atomic mass is 9.67. The lowest BCUT2D eigenvalue weighted by Crippen LogP contribution is -2.32. The van der Waals surface area contributed by atoms with Gasteiger partial charge in [-0.25, -0.2) is 0 Å². The topological polar surface area (TPSA) is 3.24 Å². The van der Waals surface area contributed by atoms with Crippen molar-refractivity contribution in [2.24, 2.45) is 11.8 Å². The molecule has 74 heavy (non-hydrogen) atoms. The van der Waals surface area contributed by atoms with E-state index < -0.39 is 5.41 Å². The maximum Gasteiger partial charge on any atom is 0.0726 e. The van der Waals surface area contributed by atoms with Crippen molar-refractivity contribution in [2.75, 3.05) is 4.90 Å². The van der Waals surface area contributed by atoms with E-state index in [0.29, 0.717) is 5.92 Å². The normalized spacial score (nSPS) is 20.2. The van der Waals surface area contributed by atoms with Crippen molar-refractivity contribution in [3.05, 3.63) is 244 Å². The Balaban J connectivity index is 0.980. The summed E-state index contributed by atoms with van der Waals surface area (Å²) in [5.41, 5.74) is 30.7. The minimum Gasteiger partial charge on any atom is -0.310 e. The van der Waals surface area contributed by atoms with Crippen molar-refractivity contribution < 1.29 is 0 Å². The van der Waals surface area contributed by atoms with Crippen LogP contribution in [0.25, 0.3) is 55.6 Å². The van der Waals surface area contributed by atoms with Crippen molar-refractivity contribution >= 4 is 17.1 Å². The second-order valence-corrected chi connectivity index (χ2v) is 25.7. The molecule has 2 saturated carbocycles. The summed E-state index contributed by atoms with van der Waals surface area (Å²) in [5.74, 6) is 1.47. The van der Waals surface area contributed by atoms with E-state index in [0.717, 1.165) is 5.92 Å².